The highest BCUT2D eigenvalue weighted by Crippen LogP contribution is 2.23. The smallest absolute Gasteiger partial charge is 0.0768 e. The molecule has 0 spiro atoms. The zero-order valence-corrected chi connectivity index (χ0v) is 10.3. The largest absolute Gasteiger partial charge is 0.395 e. The van der Waals surface area contributed by atoms with Crippen molar-refractivity contribution in [2.75, 3.05) is 19.7 Å². The van der Waals surface area contributed by atoms with Crippen molar-refractivity contribution in [2.24, 2.45) is 11.7 Å². The van der Waals surface area contributed by atoms with Crippen LogP contribution in [0.2, 0.25) is 0 Å². The molecule has 1 saturated carbocycles. The van der Waals surface area contributed by atoms with E-state index in [1.54, 1.807) is 0 Å². The Labute approximate surface area is 97.6 Å². The predicted molar refractivity (Wildman–Crippen MR) is 66.9 cm³/mol. The van der Waals surface area contributed by atoms with E-state index >= 15 is 0 Å². The van der Waals surface area contributed by atoms with Crippen LogP contribution in [-0.4, -0.2) is 40.7 Å². The average Bonchev–Trinajstić information content (AvgIpc) is 2.69. The second-order valence-corrected chi connectivity index (χ2v) is 4.93. The normalized spacial score (nSPS) is 19.7. The summed E-state index contributed by atoms with van der Waals surface area (Å²) in [6.07, 6.45) is 5.14. The van der Waals surface area contributed by atoms with Crippen LogP contribution in [-0.2, 0) is 0 Å². The number of nitrogens with two attached hydrogens (primary N) is 1. The van der Waals surface area contributed by atoms with Crippen LogP contribution in [0.4, 0.5) is 0 Å². The minimum Gasteiger partial charge on any atom is -0.395 e. The summed E-state index contributed by atoms with van der Waals surface area (Å²) < 4.78 is 0. The second kappa shape index (κ2) is 6.40. The van der Waals surface area contributed by atoms with Gasteiger partial charge < -0.3 is 10.8 Å². The van der Waals surface area contributed by atoms with Gasteiger partial charge in [-0.3, -0.25) is 4.90 Å². The zero-order valence-electron chi connectivity index (χ0n) is 9.48. The number of nitrogens with zero attached hydrogens (tertiary/aromatic N) is 1. The van der Waals surface area contributed by atoms with E-state index < -0.39 is 0 Å². The van der Waals surface area contributed by atoms with Crippen LogP contribution in [0.15, 0.2) is 0 Å². The van der Waals surface area contributed by atoms with Crippen LogP contribution in [0, 0.1) is 5.92 Å². The first-order valence-corrected chi connectivity index (χ1v) is 6.20. The van der Waals surface area contributed by atoms with Crippen molar-refractivity contribution < 1.29 is 5.11 Å². The molecule has 3 nitrogen and oxygen atoms in total. The first-order chi connectivity index (χ1) is 7.15. The molecule has 0 bridgehead atoms. The second-order valence-electron chi connectivity index (χ2n) is 4.46. The van der Waals surface area contributed by atoms with Crippen molar-refractivity contribution in [3.05, 3.63) is 0 Å². The molecule has 3 N–H and O–H groups in total. The number of hydrogen-bond donors (Lipinski definition) is 2. The molecule has 1 unspecified atom stereocenters. The zero-order chi connectivity index (χ0) is 11.3. The van der Waals surface area contributed by atoms with Gasteiger partial charge in [0, 0.05) is 25.0 Å². The third-order valence-electron chi connectivity index (χ3n) is 3.22. The van der Waals surface area contributed by atoms with Gasteiger partial charge in [-0.1, -0.05) is 32.0 Å². The van der Waals surface area contributed by atoms with Crippen molar-refractivity contribution in [2.45, 2.75) is 38.6 Å². The van der Waals surface area contributed by atoms with Crippen molar-refractivity contribution in [1.82, 2.24) is 4.90 Å². The summed E-state index contributed by atoms with van der Waals surface area (Å²) in [6, 6.07) is 0.633. The van der Waals surface area contributed by atoms with Crippen LogP contribution in [0.25, 0.3) is 0 Å². The quantitative estimate of drug-likeness (QED) is 0.672. The van der Waals surface area contributed by atoms with Gasteiger partial charge in [0.2, 0.25) is 0 Å². The monoisotopic (exact) mass is 230 g/mol. The molecular weight excluding hydrogens is 208 g/mol. The molecule has 15 heavy (non-hydrogen) atoms. The molecule has 1 aliphatic carbocycles. The third-order valence-corrected chi connectivity index (χ3v) is 3.62. The lowest BCUT2D eigenvalue weighted by molar-refractivity contribution is 0.144. The average molecular weight is 230 g/mol. The van der Waals surface area contributed by atoms with Crippen LogP contribution >= 0.6 is 12.2 Å². The fourth-order valence-electron chi connectivity index (χ4n) is 2.26. The Balaban J connectivity index is 2.45. The summed E-state index contributed by atoms with van der Waals surface area (Å²) in [5, 5.41) is 9.04. The molecular formula is C11H22N2OS. The summed E-state index contributed by atoms with van der Waals surface area (Å²) in [5.41, 5.74) is 5.62. The van der Waals surface area contributed by atoms with Crippen LogP contribution in [0.3, 0.4) is 0 Å². The molecule has 1 atom stereocenters. The van der Waals surface area contributed by atoms with Gasteiger partial charge in [-0.2, -0.15) is 0 Å². The first kappa shape index (κ1) is 12.9. The van der Waals surface area contributed by atoms with Gasteiger partial charge >= 0.3 is 0 Å². The van der Waals surface area contributed by atoms with Gasteiger partial charge in [0.15, 0.2) is 0 Å². The van der Waals surface area contributed by atoms with Crippen LogP contribution < -0.4 is 5.73 Å². The van der Waals surface area contributed by atoms with E-state index in [4.69, 9.17) is 23.1 Å². The van der Waals surface area contributed by atoms with E-state index in [0.717, 1.165) is 13.1 Å². The number of hydrogen-bond acceptors (Lipinski definition) is 3. The Morgan fingerprint density at radius 1 is 1.53 bits per heavy atom. The van der Waals surface area contributed by atoms with Crippen LogP contribution in [0.1, 0.15) is 32.6 Å². The molecule has 0 radical (unpaired) electrons. The molecule has 1 aliphatic rings. The van der Waals surface area contributed by atoms with Gasteiger partial charge in [0.1, 0.15) is 0 Å². The Morgan fingerprint density at radius 2 is 2.13 bits per heavy atom. The highest BCUT2D eigenvalue weighted by molar-refractivity contribution is 7.80. The fraction of sp³-hybridized carbons (Fsp3) is 0.909. The molecule has 0 heterocycles. The highest BCUT2D eigenvalue weighted by Gasteiger charge is 2.23. The Hall–Kier alpha value is -0.190. The Morgan fingerprint density at radius 3 is 2.60 bits per heavy atom. The number of thiocarbonyl (C=S) groups is 1. The van der Waals surface area contributed by atoms with Crippen molar-refractivity contribution in [3.63, 3.8) is 0 Å². The molecule has 0 amide bonds. The molecule has 0 aliphatic heterocycles. The summed E-state index contributed by atoms with van der Waals surface area (Å²) in [7, 11) is 0. The topological polar surface area (TPSA) is 49.5 Å². The van der Waals surface area contributed by atoms with Gasteiger partial charge in [0.25, 0.3) is 0 Å². The number of rotatable bonds is 6. The molecule has 4 heteroatoms. The van der Waals surface area contributed by atoms with Crippen molar-refractivity contribution in [1.29, 1.82) is 0 Å². The third kappa shape index (κ3) is 4.05. The Bertz CT molecular complexity index is 205. The van der Waals surface area contributed by atoms with Gasteiger partial charge in [0.05, 0.1) is 11.6 Å². The van der Waals surface area contributed by atoms with E-state index in [0.29, 0.717) is 11.0 Å². The summed E-state index contributed by atoms with van der Waals surface area (Å²) >= 11 is 4.98. The first-order valence-electron chi connectivity index (χ1n) is 5.79. The van der Waals surface area contributed by atoms with Crippen molar-refractivity contribution in [3.8, 4) is 0 Å². The van der Waals surface area contributed by atoms with Gasteiger partial charge in [-0.25, -0.2) is 0 Å². The maximum atomic E-state index is 9.04. The summed E-state index contributed by atoms with van der Waals surface area (Å²) in [4.78, 5) is 2.92. The Kier molecular flexibility index (Phi) is 5.50. The van der Waals surface area contributed by atoms with Gasteiger partial charge in [-0.15, -0.1) is 0 Å². The van der Waals surface area contributed by atoms with E-state index in [-0.39, 0.29) is 12.5 Å². The van der Waals surface area contributed by atoms with E-state index in [1.165, 1.54) is 25.7 Å². The maximum Gasteiger partial charge on any atom is 0.0768 e. The van der Waals surface area contributed by atoms with E-state index in [2.05, 4.69) is 11.8 Å². The van der Waals surface area contributed by atoms with E-state index in [1.807, 2.05) is 0 Å². The SMILES string of the molecule is CC(CN(CCO)C1CCCC1)C(N)=S. The van der Waals surface area contributed by atoms with Gasteiger partial charge in [-0.05, 0) is 12.8 Å². The fourth-order valence-corrected chi connectivity index (χ4v) is 2.34. The molecule has 1 rings (SSSR count). The lowest BCUT2D eigenvalue weighted by Gasteiger charge is -2.30. The molecule has 0 saturated heterocycles. The lowest BCUT2D eigenvalue weighted by atomic mass is 10.1. The predicted octanol–water partition coefficient (Wildman–Crippen LogP) is 1.15. The maximum absolute atomic E-state index is 9.04. The number of aliphatic hydroxyl groups excluding tert-OH is 1. The minimum absolute atomic E-state index is 0.223. The van der Waals surface area contributed by atoms with Crippen LogP contribution in [0.5, 0.6) is 0 Å². The number of aliphatic hydroxyl groups is 1. The molecule has 1 fully saturated rings. The summed E-state index contributed by atoms with van der Waals surface area (Å²) in [5.74, 6) is 0.243. The molecule has 88 valence electrons. The van der Waals surface area contributed by atoms with Crippen molar-refractivity contribution >= 4 is 17.2 Å². The molecule has 0 aromatic carbocycles. The highest BCUT2D eigenvalue weighted by atomic mass is 32.1. The molecule has 0 aromatic rings. The lowest BCUT2D eigenvalue weighted by Crippen LogP contribution is -2.41. The standard InChI is InChI=1S/C11H22N2OS/c1-9(11(12)15)8-13(6-7-14)10-4-2-3-5-10/h9-10,14H,2-8H2,1H3,(H2,12,15). The molecule has 0 aromatic heterocycles. The van der Waals surface area contributed by atoms with E-state index in [9.17, 15) is 0 Å². The summed E-state index contributed by atoms with van der Waals surface area (Å²) in [6.45, 7) is 3.92. The minimum atomic E-state index is 0.223.